The fourth-order valence-electron chi connectivity index (χ4n) is 1.99. The number of aryl methyl sites for hydroxylation is 1. The third kappa shape index (κ3) is 3.39. The number of hydrogen-bond donors (Lipinski definition) is 1. The Morgan fingerprint density at radius 1 is 1.10 bits per heavy atom. The first kappa shape index (κ1) is 15.0. The second kappa shape index (κ2) is 6.39. The lowest BCUT2D eigenvalue weighted by molar-refractivity contribution is 0.437. The van der Waals surface area contributed by atoms with E-state index in [1.54, 1.807) is 0 Å². The van der Waals surface area contributed by atoms with Crippen LogP contribution in [0.2, 0.25) is 0 Å². The van der Waals surface area contributed by atoms with Crippen LogP contribution in [0, 0.1) is 13.8 Å². The highest BCUT2D eigenvalue weighted by Gasteiger charge is 2.12. The molecule has 6 nitrogen and oxygen atoms in total. The smallest absolute Gasteiger partial charge is 0.328 e. The lowest BCUT2D eigenvalue weighted by Crippen LogP contribution is -2.25. The molecule has 0 atom stereocenters. The average molecular weight is 287 g/mol. The summed E-state index contributed by atoms with van der Waals surface area (Å²) < 4.78 is 5.78. The SMILES string of the molecule is CCN(CC)c1nc(N)nc(Oc2cccc(C)c2C)n1. The number of rotatable bonds is 5. The van der Waals surface area contributed by atoms with Crippen molar-refractivity contribution in [1.29, 1.82) is 0 Å². The van der Waals surface area contributed by atoms with E-state index in [0.29, 0.717) is 5.95 Å². The van der Waals surface area contributed by atoms with Gasteiger partial charge in [0.25, 0.3) is 0 Å². The number of nitrogens with zero attached hydrogens (tertiary/aromatic N) is 4. The lowest BCUT2D eigenvalue weighted by Gasteiger charge is -2.18. The molecule has 1 aromatic heterocycles. The first-order chi connectivity index (χ1) is 10.0. The molecule has 112 valence electrons. The number of nitrogens with two attached hydrogens (primary N) is 1. The predicted molar refractivity (Wildman–Crippen MR) is 83.8 cm³/mol. The van der Waals surface area contributed by atoms with Gasteiger partial charge in [-0.15, -0.1) is 0 Å². The third-order valence-electron chi connectivity index (χ3n) is 3.42. The molecule has 0 saturated heterocycles. The maximum atomic E-state index is 5.78. The summed E-state index contributed by atoms with van der Waals surface area (Å²) in [5, 5.41) is 0. The number of aromatic nitrogens is 3. The minimum Gasteiger partial charge on any atom is -0.424 e. The van der Waals surface area contributed by atoms with Crippen LogP contribution in [-0.4, -0.2) is 28.0 Å². The normalized spacial score (nSPS) is 10.5. The summed E-state index contributed by atoms with van der Waals surface area (Å²) in [7, 11) is 0. The van der Waals surface area contributed by atoms with E-state index in [-0.39, 0.29) is 12.0 Å². The highest BCUT2D eigenvalue weighted by atomic mass is 16.5. The Morgan fingerprint density at radius 3 is 2.48 bits per heavy atom. The zero-order chi connectivity index (χ0) is 15.4. The summed E-state index contributed by atoms with van der Waals surface area (Å²) in [5.41, 5.74) is 7.97. The maximum Gasteiger partial charge on any atom is 0.328 e. The zero-order valence-electron chi connectivity index (χ0n) is 12.9. The summed E-state index contributed by atoms with van der Waals surface area (Å²) in [4.78, 5) is 14.6. The number of anilines is 2. The van der Waals surface area contributed by atoms with Gasteiger partial charge in [-0.1, -0.05) is 12.1 Å². The minimum atomic E-state index is 0.159. The predicted octanol–water partition coefficient (Wildman–Crippen LogP) is 2.71. The van der Waals surface area contributed by atoms with Gasteiger partial charge in [-0.25, -0.2) is 0 Å². The molecule has 6 heteroatoms. The molecule has 2 aromatic rings. The van der Waals surface area contributed by atoms with Crippen LogP contribution in [-0.2, 0) is 0 Å². The molecular formula is C15H21N5O. The van der Waals surface area contributed by atoms with Crippen molar-refractivity contribution in [2.45, 2.75) is 27.7 Å². The largest absolute Gasteiger partial charge is 0.424 e. The minimum absolute atomic E-state index is 0.159. The van der Waals surface area contributed by atoms with Gasteiger partial charge in [0, 0.05) is 13.1 Å². The number of hydrogen-bond acceptors (Lipinski definition) is 6. The first-order valence-corrected chi connectivity index (χ1v) is 7.05. The molecule has 0 aliphatic rings. The molecule has 0 unspecified atom stereocenters. The van der Waals surface area contributed by atoms with E-state index in [0.717, 1.165) is 30.0 Å². The Bertz CT molecular complexity index is 625. The summed E-state index contributed by atoms with van der Waals surface area (Å²) >= 11 is 0. The molecule has 0 radical (unpaired) electrons. The van der Waals surface area contributed by atoms with Crippen LogP contribution in [0.1, 0.15) is 25.0 Å². The standard InChI is InChI=1S/C15H21N5O/c1-5-20(6-2)14-17-13(16)18-15(19-14)21-12-9-7-8-10(3)11(12)4/h7-9H,5-6H2,1-4H3,(H2,16,17,18,19). The topological polar surface area (TPSA) is 77.2 Å². The van der Waals surface area contributed by atoms with Crippen molar-refractivity contribution in [3.05, 3.63) is 29.3 Å². The highest BCUT2D eigenvalue weighted by molar-refractivity contribution is 5.41. The molecule has 2 rings (SSSR count). The number of benzene rings is 1. The van der Waals surface area contributed by atoms with Crippen molar-refractivity contribution in [1.82, 2.24) is 15.0 Å². The Hall–Kier alpha value is -2.37. The van der Waals surface area contributed by atoms with Crippen LogP contribution in [0.4, 0.5) is 11.9 Å². The quantitative estimate of drug-likeness (QED) is 0.911. The van der Waals surface area contributed by atoms with Crippen LogP contribution >= 0.6 is 0 Å². The molecule has 0 amide bonds. The van der Waals surface area contributed by atoms with Gasteiger partial charge in [-0.05, 0) is 44.9 Å². The van der Waals surface area contributed by atoms with E-state index in [1.165, 1.54) is 0 Å². The first-order valence-electron chi connectivity index (χ1n) is 7.05. The van der Waals surface area contributed by atoms with Crippen molar-refractivity contribution in [2.75, 3.05) is 23.7 Å². The molecule has 0 fully saturated rings. The van der Waals surface area contributed by atoms with Gasteiger partial charge in [0.1, 0.15) is 5.75 Å². The third-order valence-corrected chi connectivity index (χ3v) is 3.42. The zero-order valence-corrected chi connectivity index (χ0v) is 12.9. The molecule has 2 N–H and O–H groups in total. The van der Waals surface area contributed by atoms with Gasteiger partial charge in [0.05, 0.1) is 0 Å². The van der Waals surface area contributed by atoms with Crippen molar-refractivity contribution < 1.29 is 4.74 Å². The summed E-state index contributed by atoms with van der Waals surface area (Å²) in [6, 6.07) is 6.08. The van der Waals surface area contributed by atoms with E-state index in [9.17, 15) is 0 Å². The van der Waals surface area contributed by atoms with Crippen LogP contribution < -0.4 is 15.4 Å². The fraction of sp³-hybridized carbons (Fsp3) is 0.400. The molecule has 0 aliphatic carbocycles. The molecule has 0 aliphatic heterocycles. The summed E-state index contributed by atoms with van der Waals surface area (Å²) in [6.07, 6.45) is 0. The van der Waals surface area contributed by atoms with Crippen molar-refractivity contribution in [3.8, 4) is 11.8 Å². The molecule has 0 spiro atoms. The summed E-state index contributed by atoms with van der Waals surface area (Å²) in [5.74, 6) is 1.42. The van der Waals surface area contributed by atoms with Crippen LogP contribution in [0.3, 0.4) is 0 Å². The van der Waals surface area contributed by atoms with E-state index < -0.39 is 0 Å². The van der Waals surface area contributed by atoms with E-state index >= 15 is 0 Å². The van der Waals surface area contributed by atoms with Gasteiger partial charge < -0.3 is 15.4 Å². The molecule has 0 bridgehead atoms. The van der Waals surface area contributed by atoms with E-state index in [1.807, 2.05) is 50.8 Å². The monoisotopic (exact) mass is 287 g/mol. The maximum absolute atomic E-state index is 5.78. The summed E-state index contributed by atoms with van der Waals surface area (Å²) in [6.45, 7) is 9.70. The van der Waals surface area contributed by atoms with E-state index in [4.69, 9.17) is 10.5 Å². The molecule has 0 saturated carbocycles. The van der Waals surface area contributed by atoms with Crippen LogP contribution in [0.5, 0.6) is 11.8 Å². The van der Waals surface area contributed by atoms with Crippen LogP contribution in [0.15, 0.2) is 18.2 Å². The Balaban J connectivity index is 2.34. The van der Waals surface area contributed by atoms with Gasteiger partial charge in [0.2, 0.25) is 11.9 Å². The lowest BCUT2D eigenvalue weighted by atomic mass is 10.1. The van der Waals surface area contributed by atoms with Crippen LogP contribution in [0.25, 0.3) is 0 Å². The number of nitrogen functional groups attached to an aromatic ring is 1. The van der Waals surface area contributed by atoms with Gasteiger partial charge in [-0.3, -0.25) is 0 Å². The molecule has 21 heavy (non-hydrogen) atoms. The average Bonchev–Trinajstić information content (AvgIpc) is 2.45. The second-order valence-corrected chi connectivity index (χ2v) is 4.75. The van der Waals surface area contributed by atoms with Gasteiger partial charge in [-0.2, -0.15) is 15.0 Å². The van der Waals surface area contributed by atoms with Crippen molar-refractivity contribution >= 4 is 11.9 Å². The second-order valence-electron chi connectivity index (χ2n) is 4.75. The Kier molecular flexibility index (Phi) is 4.57. The number of ether oxygens (including phenoxy) is 1. The Morgan fingerprint density at radius 2 is 1.81 bits per heavy atom. The van der Waals surface area contributed by atoms with Gasteiger partial charge >= 0.3 is 6.01 Å². The molecule has 1 heterocycles. The molecule has 1 aromatic carbocycles. The van der Waals surface area contributed by atoms with E-state index in [2.05, 4.69) is 15.0 Å². The highest BCUT2D eigenvalue weighted by Crippen LogP contribution is 2.25. The van der Waals surface area contributed by atoms with Gasteiger partial charge in [0.15, 0.2) is 0 Å². The molecular weight excluding hydrogens is 266 g/mol. The Labute approximate surface area is 125 Å². The van der Waals surface area contributed by atoms with Crippen molar-refractivity contribution in [3.63, 3.8) is 0 Å². The fourth-order valence-corrected chi connectivity index (χ4v) is 1.99. The van der Waals surface area contributed by atoms with Crippen molar-refractivity contribution in [2.24, 2.45) is 0 Å².